The molecule has 0 spiro atoms. The van der Waals surface area contributed by atoms with Gasteiger partial charge in [-0.1, -0.05) is 25.1 Å². The number of nitrogens with one attached hydrogen (secondary N) is 2. The van der Waals surface area contributed by atoms with Gasteiger partial charge in [-0.3, -0.25) is 4.79 Å². The maximum Gasteiger partial charge on any atom is 0.259 e. The Morgan fingerprint density at radius 3 is 2.70 bits per heavy atom. The van der Waals surface area contributed by atoms with Gasteiger partial charge in [0.1, 0.15) is 5.75 Å². The molecule has 0 saturated heterocycles. The zero-order valence-corrected chi connectivity index (χ0v) is 21.3. The maximum absolute atomic E-state index is 11.7. The van der Waals surface area contributed by atoms with Crippen molar-refractivity contribution in [2.24, 2.45) is 10.9 Å². The van der Waals surface area contributed by atoms with Gasteiger partial charge in [-0.05, 0) is 48.4 Å². The van der Waals surface area contributed by atoms with E-state index in [4.69, 9.17) is 4.74 Å². The molecule has 2 rings (SSSR count). The highest BCUT2D eigenvalue weighted by Gasteiger charge is 2.07. The molecule has 0 fully saturated rings. The summed E-state index contributed by atoms with van der Waals surface area (Å²) in [5.74, 6) is 1.93. The van der Waals surface area contributed by atoms with Crippen LogP contribution in [0.2, 0.25) is 0 Å². The van der Waals surface area contributed by atoms with Gasteiger partial charge >= 0.3 is 0 Å². The van der Waals surface area contributed by atoms with Crippen LogP contribution < -0.4 is 15.4 Å². The maximum atomic E-state index is 11.7. The van der Waals surface area contributed by atoms with E-state index in [0.29, 0.717) is 18.2 Å². The van der Waals surface area contributed by atoms with Crippen LogP contribution in [0.5, 0.6) is 5.75 Å². The van der Waals surface area contributed by atoms with Crippen LogP contribution in [0.1, 0.15) is 24.3 Å². The Kier molecular flexibility index (Phi) is 12.4. The number of nitrogens with zero attached hydrogens (tertiary/aromatic N) is 2. The number of thiophene rings is 1. The minimum absolute atomic E-state index is 0. The standard InChI is InChI=1S/C22H32N4O2S.HI/c1-5-23-22(24-14-17(2)12-20-10-7-11-29-20)25-15-18-8-6-9-19(13-18)28-16-21(27)26(3)4;/h6-11,13,17H,5,12,14-16H2,1-4H3,(H2,23,24,25);1H. The van der Waals surface area contributed by atoms with Gasteiger partial charge in [0, 0.05) is 32.1 Å². The Balaban J connectivity index is 0.00000450. The number of guanidine groups is 1. The lowest BCUT2D eigenvalue weighted by atomic mass is 10.1. The Morgan fingerprint density at radius 1 is 1.23 bits per heavy atom. The number of hydrogen-bond donors (Lipinski definition) is 2. The van der Waals surface area contributed by atoms with Crippen molar-refractivity contribution in [3.05, 3.63) is 52.2 Å². The molecular formula is C22H33IN4O2S. The molecule has 0 aliphatic rings. The number of aliphatic imine (C=N–C) groups is 1. The molecular weight excluding hydrogens is 511 g/mol. The van der Waals surface area contributed by atoms with Crippen LogP contribution in [0.3, 0.4) is 0 Å². The van der Waals surface area contributed by atoms with Crippen LogP contribution in [-0.2, 0) is 17.8 Å². The molecule has 1 aromatic carbocycles. The van der Waals surface area contributed by atoms with E-state index >= 15 is 0 Å². The van der Waals surface area contributed by atoms with E-state index in [1.54, 1.807) is 25.4 Å². The van der Waals surface area contributed by atoms with Gasteiger partial charge in [-0.2, -0.15) is 0 Å². The molecule has 0 aliphatic carbocycles. The van der Waals surface area contributed by atoms with Gasteiger partial charge in [0.2, 0.25) is 0 Å². The molecule has 0 saturated carbocycles. The third-order valence-corrected chi connectivity index (χ3v) is 5.17. The van der Waals surface area contributed by atoms with Crippen LogP contribution in [0.4, 0.5) is 0 Å². The molecule has 6 nitrogen and oxygen atoms in total. The van der Waals surface area contributed by atoms with Crippen molar-refractivity contribution in [2.75, 3.05) is 33.8 Å². The highest BCUT2D eigenvalue weighted by atomic mass is 127. The molecule has 0 bridgehead atoms. The number of rotatable bonds is 10. The summed E-state index contributed by atoms with van der Waals surface area (Å²) < 4.78 is 5.58. The lowest BCUT2D eigenvalue weighted by Crippen LogP contribution is -2.39. The van der Waals surface area contributed by atoms with Crippen LogP contribution >= 0.6 is 35.3 Å². The zero-order valence-electron chi connectivity index (χ0n) is 18.2. The number of hydrogen-bond acceptors (Lipinski definition) is 4. The summed E-state index contributed by atoms with van der Waals surface area (Å²) in [7, 11) is 3.43. The fraction of sp³-hybridized carbons (Fsp3) is 0.455. The van der Waals surface area contributed by atoms with E-state index in [1.807, 2.05) is 24.3 Å². The summed E-state index contributed by atoms with van der Waals surface area (Å²) in [4.78, 5) is 19.3. The first-order valence-corrected chi connectivity index (χ1v) is 10.8. The third-order valence-electron chi connectivity index (χ3n) is 4.27. The number of amides is 1. The first-order valence-electron chi connectivity index (χ1n) is 9.94. The number of ether oxygens (including phenoxy) is 1. The van der Waals surface area contributed by atoms with E-state index < -0.39 is 0 Å². The normalized spacial score (nSPS) is 11.9. The lowest BCUT2D eigenvalue weighted by molar-refractivity contribution is -0.130. The molecule has 0 radical (unpaired) electrons. The van der Waals surface area contributed by atoms with Gasteiger partial charge in [-0.15, -0.1) is 35.3 Å². The summed E-state index contributed by atoms with van der Waals surface area (Å²) in [6.07, 6.45) is 1.06. The van der Waals surface area contributed by atoms with E-state index in [1.165, 1.54) is 9.78 Å². The zero-order chi connectivity index (χ0) is 21.1. The molecule has 0 aliphatic heterocycles. The smallest absolute Gasteiger partial charge is 0.259 e. The van der Waals surface area contributed by atoms with E-state index in [0.717, 1.165) is 31.0 Å². The molecule has 1 heterocycles. The molecule has 2 N–H and O–H groups in total. The number of halogens is 1. The largest absolute Gasteiger partial charge is 0.484 e. The average Bonchev–Trinajstić information content (AvgIpc) is 3.21. The molecule has 8 heteroatoms. The quantitative estimate of drug-likeness (QED) is 0.272. The second-order valence-corrected chi connectivity index (χ2v) is 8.22. The Morgan fingerprint density at radius 2 is 2.03 bits per heavy atom. The fourth-order valence-corrected chi connectivity index (χ4v) is 3.50. The van der Waals surface area contributed by atoms with E-state index in [2.05, 4.69) is 47.0 Å². The third kappa shape index (κ3) is 9.80. The average molecular weight is 545 g/mol. The summed E-state index contributed by atoms with van der Waals surface area (Å²) in [6.45, 7) is 6.54. The summed E-state index contributed by atoms with van der Waals surface area (Å²) >= 11 is 1.80. The summed E-state index contributed by atoms with van der Waals surface area (Å²) in [6, 6.07) is 12.0. The molecule has 1 amide bonds. The number of carbonyl (C=O) groups is 1. The van der Waals surface area contributed by atoms with Crippen molar-refractivity contribution in [2.45, 2.75) is 26.8 Å². The van der Waals surface area contributed by atoms with Crippen LogP contribution in [0.15, 0.2) is 46.8 Å². The molecule has 1 aromatic heterocycles. The molecule has 1 atom stereocenters. The fourth-order valence-electron chi connectivity index (χ4n) is 2.64. The summed E-state index contributed by atoms with van der Waals surface area (Å²) in [5.41, 5.74) is 1.03. The predicted molar refractivity (Wildman–Crippen MR) is 136 cm³/mol. The first-order chi connectivity index (χ1) is 14.0. The molecule has 166 valence electrons. The molecule has 30 heavy (non-hydrogen) atoms. The molecule has 1 unspecified atom stereocenters. The SMILES string of the molecule is CCNC(=NCc1cccc(OCC(=O)N(C)C)c1)NCC(C)Cc1cccs1.I. The van der Waals surface area contributed by atoms with Crippen molar-refractivity contribution >= 4 is 47.2 Å². The highest BCUT2D eigenvalue weighted by molar-refractivity contribution is 14.0. The van der Waals surface area contributed by atoms with Crippen LogP contribution in [0.25, 0.3) is 0 Å². The lowest BCUT2D eigenvalue weighted by Gasteiger charge is -2.15. The van der Waals surface area contributed by atoms with Crippen molar-refractivity contribution < 1.29 is 9.53 Å². The minimum atomic E-state index is -0.0660. The number of carbonyl (C=O) groups excluding carboxylic acids is 1. The monoisotopic (exact) mass is 544 g/mol. The van der Waals surface area contributed by atoms with Gasteiger partial charge < -0.3 is 20.3 Å². The summed E-state index contributed by atoms with van der Waals surface area (Å²) in [5, 5.41) is 8.85. The topological polar surface area (TPSA) is 66.0 Å². The van der Waals surface area contributed by atoms with Crippen LogP contribution in [-0.4, -0.2) is 50.6 Å². The van der Waals surface area contributed by atoms with Gasteiger partial charge in [-0.25, -0.2) is 4.99 Å². The Hall–Kier alpha value is -1.81. The van der Waals surface area contributed by atoms with Gasteiger partial charge in [0.15, 0.2) is 12.6 Å². The van der Waals surface area contributed by atoms with Crippen molar-refractivity contribution in [3.8, 4) is 5.75 Å². The van der Waals surface area contributed by atoms with Gasteiger partial charge in [0.05, 0.1) is 6.54 Å². The Bertz CT molecular complexity index is 781. The Labute approximate surface area is 201 Å². The van der Waals surface area contributed by atoms with Crippen molar-refractivity contribution in [3.63, 3.8) is 0 Å². The van der Waals surface area contributed by atoms with Crippen LogP contribution in [0, 0.1) is 5.92 Å². The molecule has 2 aromatic rings. The van der Waals surface area contributed by atoms with Gasteiger partial charge in [0.25, 0.3) is 5.91 Å². The van der Waals surface area contributed by atoms with Crippen molar-refractivity contribution in [1.29, 1.82) is 0 Å². The minimum Gasteiger partial charge on any atom is -0.484 e. The van der Waals surface area contributed by atoms with E-state index in [-0.39, 0.29) is 36.5 Å². The first kappa shape index (κ1) is 26.2. The van der Waals surface area contributed by atoms with Crippen molar-refractivity contribution in [1.82, 2.24) is 15.5 Å². The second-order valence-electron chi connectivity index (χ2n) is 7.19. The van der Waals surface area contributed by atoms with E-state index in [9.17, 15) is 4.79 Å². The number of likely N-dealkylation sites (N-methyl/N-ethyl adjacent to an activating group) is 1. The number of benzene rings is 1. The predicted octanol–water partition coefficient (Wildman–Crippen LogP) is 3.77. The highest BCUT2D eigenvalue weighted by Crippen LogP contribution is 2.15. The second kappa shape index (κ2) is 14.2.